The van der Waals surface area contributed by atoms with E-state index in [1.54, 1.807) is 23.2 Å². The van der Waals surface area contributed by atoms with Gasteiger partial charge in [-0.25, -0.2) is 0 Å². The smallest absolute Gasteiger partial charge is 0.242 e. The van der Waals surface area contributed by atoms with Crippen LogP contribution in [0.4, 0.5) is 0 Å². The van der Waals surface area contributed by atoms with E-state index in [9.17, 15) is 9.59 Å². The highest BCUT2D eigenvalue weighted by Crippen LogP contribution is 2.12. The highest BCUT2D eigenvalue weighted by molar-refractivity contribution is 7.09. The van der Waals surface area contributed by atoms with Gasteiger partial charge in [0.15, 0.2) is 0 Å². The van der Waals surface area contributed by atoms with Crippen LogP contribution in [-0.2, 0) is 16.0 Å². The lowest BCUT2D eigenvalue weighted by Gasteiger charge is -2.32. The van der Waals surface area contributed by atoms with Crippen molar-refractivity contribution in [3.63, 3.8) is 0 Å². The molecule has 1 aliphatic rings. The van der Waals surface area contributed by atoms with Crippen molar-refractivity contribution in [1.82, 2.24) is 10.2 Å². The average Bonchev–Trinajstić information content (AvgIpc) is 2.77. The van der Waals surface area contributed by atoms with E-state index in [4.69, 9.17) is 0 Å². The molecule has 5 heteroatoms. The molecule has 0 aromatic carbocycles. The third-order valence-electron chi connectivity index (χ3n) is 2.76. The molecular formula is C11H14N2O2S. The number of piperazine rings is 1. The van der Waals surface area contributed by atoms with Crippen LogP contribution in [0.2, 0.25) is 0 Å². The molecule has 1 aromatic heterocycles. The van der Waals surface area contributed by atoms with Crippen LogP contribution in [0.3, 0.4) is 0 Å². The van der Waals surface area contributed by atoms with Crippen LogP contribution < -0.4 is 5.32 Å². The second-order valence-electron chi connectivity index (χ2n) is 3.81. The predicted octanol–water partition coefficient (Wildman–Crippen LogP) is 0.637. The van der Waals surface area contributed by atoms with Crippen LogP contribution >= 0.6 is 11.3 Å². The zero-order valence-electron chi connectivity index (χ0n) is 9.10. The summed E-state index contributed by atoms with van der Waals surface area (Å²) in [6.45, 7) is 2.52. The molecule has 0 bridgehead atoms. The first-order valence-electron chi connectivity index (χ1n) is 5.28. The van der Waals surface area contributed by atoms with Gasteiger partial charge in [0.25, 0.3) is 0 Å². The lowest BCUT2D eigenvalue weighted by atomic mass is 10.2. The number of nitrogens with zero attached hydrogens (tertiary/aromatic N) is 1. The first kappa shape index (κ1) is 11.1. The van der Waals surface area contributed by atoms with Crippen molar-refractivity contribution in [2.24, 2.45) is 0 Å². The van der Waals surface area contributed by atoms with Crippen LogP contribution in [0.5, 0.6) is 0 Å². The van der Waals surface area contributed by atoms with E-state index in [1.807, 2.05) is 17.5 Å². The maximum Gasteiger partial charge on any atom is 0.242 e. The highest BCUT2D eigenvalue weighted by atomic mass is 32.1. The SMILES string of the molecule is CC1C(=O)NCC(=O)N1CCc1cccs1. The van der Waals surface area contributed by atoms with Crippen LogP contribution in [0, 0.1) is 0 Å². The molecule has 86 valence electrons. The van der Waals surface area contributed by atoms with E-state index in [-0.39, 0.29) is 24.4 Å². The molecule has 1 atom stereocenters. The van der Waals surface area contributed by atoms with Gasteiger partial charge in [-0.2, -0.15) is 0 Å². The maximum atomic E-state index is 11.6. The number of hydrogen-bond donors (Lipinski definition) is 1. The van der Waals surface area contributed by atoms with Crippen molar-refractivity contribution in [2.45, 2.75) is 19.4 Å². The number of nitrogens with one attached hydrogen (secondary N) is 1. The van der Waals surface area contributed by atoms with E-state index < -0.39 is 0 Å². The minimum absolute atomic E-state index is 0.00339. The molecular weight excluding hydrogens is 224 g/mol. The van der Waals surface area contributed by atoms with Crippen molar-refractivity contribution < 1.29 is 9.59 Å². The number of rotatable bonds is 3. The van der Waals surface area contributed by atoms with Crippen molar-refractivity contribution in [1.29, 1.82) is 0 Å². The second kappa shape index (κ2) is 4.65. The van der Waals surface area contributed by atoms with Gasteiger partial charge in [0.05, 0.1) is 6.54 Å². The summed E-state index contributed by atoms with van der Waals surface area (Å²) in [4.78, 5) is 25.9. The third kappa shape index (κ3) is 2.24. The van der Waals surface area contributed by atoms with Gasteiger partial charge in [0, 0.05) is 11.4 Å². The average molecular weight is 238 g/mol. The third-order valence-corrected chi connectivity index (χ3v) is 3.70. The molecule has 0 radical (unpaired) electrons. The van der Waals surface area contributed by atoms with Crippen molar-refractivity contribution in [3.05, 3.63) is 22.4 Å². The number of hydrogen-bond acceptors (Lipinski definition) is 3. The molecule has 2 rings (SSSR count). The van der Waals surface area contributed by atoms with Crippen LogP contribution in [0.15, 0.2) is 17.5 Å². The van der Waals surface area contributed by atoms with E-state index in [1.165, 1.54) is 4.88 Å². The molecule has 1 saturated heterocycles. The monoisotopic (exact) mass is 238 g/mol. The first-order chi connectivity index (χ1) is 7.68. The Morgan fingerprint density at radius 3 is 3.06 bits per heavy atom. The van der Waals surface area contributed by atoms with Crippen LogP contribution in [0.1, 0.15) is 11.8 Å². The second-order valence-corrected chi connectivity index (χ2v) is 4.84. The zero-order valence-corrected chi connectivity index (χ0v) is 9.92. The summed E-state index contributed by atoms with van der Waals surface area (Å²) in [6, 6.07) is 3.69. The Kier molecular flexibility index (Phi) is 3.24. The minimum atomic E-state index is -0.346. The number of amides is 2. The molecule has 2 amide bonds. The molecule has 1 unspecified atom stereocenters. The molecule has 1 fully saturated rings. The van der Waals surface area contributed by atoms with Crippen LogP contribution in [-0.4, -0.2) is 35.8 Å². The summed E-state index contributed by atoms with van der Waals surface area (Å²) < 4.78 is 0. The van der Waals surface area contributed by atoms with Crippen LogP contribution in [0.25, 0.3) is 0 Å². The fourth-order valence-corrected chi connectivity index (χ4v) is 2.47. The van der Waals surface area contributed by atoms with Gasteiger partial charge < -0.3 is 10.2 Å². The summed E-state index contributed by atoms with van der Waals surface area (Å²) in [5.74, 6) is -0.0607. The molecule has 0 saturated carbocycles. The van der Waals surface area contributed by atoms with Gasteiger partial charge in [-0.1, -0.05) is 6.07 Å². The van der Waals surface area contributed by atoms with Crippen molar-refractivity contribution in [3.8, 4) is 0 Å². The highest BCUT2D eigenvalue weighted by Gasteiger charge is 2.30. The van der Waals surface area contributed by atoms with Gasteiger partial charge in [0.1, 0.15) is 6.04 Å². The van der Waals surface area contributed by atoms with Gasteiger partial charge >= 0.3 is 0 Å². The maximum absolute atomic E-state index is 11.6. The predicted molar refractivity (Wildman–Crippen MR) is 62.2 cm³/mol. The summed E-state index contributed by atoms with van der Waals surface area (Å²) >= 11 is 1.68. The van der Waals surface area contributed by atoms with E-state index in [0.29, 0.717) is 6.54 Å². The van der Waals surface area contributed by atoms with Gasteiger partial charge in [0.2, 0.25) is 11.8 Å². The number of carbonyl (C=O) groups is 2. The summed E-state index contributed by atoms with van der Waals surface area (Å²) in [7, 11) is 0. The molecule has 1 N–H and O–H groups in total. The van der Waals surface area contributed by atoms with E-state index in [0.717, 1.165) is 6.42 Å². The molecule has 1 aliphatic heterocycles. The first-order valence-corrected chi connectivity index (χ1v) is 6.16. The van der Waals surface area contributed by atoms with Gasteiger partial charge in [-0.3, -0.25) is 9.59 Å². The molecule has 4 nitrogen and oxygen atoms in total. The molecule has 0 aliphatic carbocycles. The van der Waals surface area contributed by atoms with Gasteiger partial charge in [-0.15, -0.1) is 11.3 Å². The lowest BCUT2D eigenvalue weighted by molar-refractivity contribution is -0.144. The summed E-state index contributed by atoms with van der Waals surface area (Å²) in [6.07, 6.45) is 0.820. The molecule has 2 heterocycles. The number of thiophene rings is 1. The Hall–Kier alpha value is -1.36. The summed E-state index contributed by atoms with van der Waals surface area (Å²) in [5, 5.41) is 4.59. The molecule has 0 spiro atoms. The molecule has 16 heavy (non-hydrogen) atoms. The fourth-order valence-electron chi connectivity index (χ4n) is 1.77. The Morgan fingerprint density at radius 2 is 2.38 bits per heavy atom. The standard InChI is InChI=1S/C11H14N2O2S/c1-8-11(15)12-7-10(14)13(8)5-4-9-3-2-6-16-9/h2-3,6,8H,4-5,7H2,1H3,(H,12,15). The largest absolute Gasteiger partial charge is 0.345 e. The van der Waals surface area contributed by atoms with Crippen molar-refractivity contribution in [2.75, 3.05) is 13.1 Å². The fraction of sp³-hybridized carbons (Fsp3) is 0.455. The topological polar surface area (TPSA) is 49.4 Å². The Labute approximate surface area is 98.3 Å². The van der Waals surface area contributed by atoms with E-state index >= 15 is 0 Å². The van der Waals surface area contributed by atoms with Crippen molar-refractivity contribution >= 4 is 23.2 Å². The molecule has 1 aromatic rings. The normalized spacial score (nSPS) is 21.1. The Balaban J connectivity index is 1.96. The Bertz CT molecular complexity index is 389. The Morgan fingerprint density at radius 1 is 1.56 bits per heavy atom. The van der Waals surface area contributed by atoms with Gasteiger partial charge in [-0.05, 0) is 24.8 Å². The number of carbonyl (C=O) groups excluding carboxylic acids is 2. The lowest BCUT2D eigenvalue weighted by Crippen LogP contribution is -2.57. The minimum Gasteiger partial charge on any atom is -0.345 e. The quantitative estimate of drug-likeness (QED) is 0.840. The summed E-state index contributed by atoms with van der Waals surface area (Å²) in [5.41, 5.74) is 0. The zero-order chi connectivity index (χ0) is 11.5. The van der Waals surface area contributed by atoms with E-state index in [2.05, 4.69) is 5.32 Å².